The second kappa shape index (κ2) is 10.1. The minimum Gasteiger partial charge on any atom is -0.457 e. The Morgan fingerprint density at radius 2 is 1.15 bits per heavy atom. The molecular weight excluding hydrogens is 488 g/mol. The van der Waals surface area contributed by atoms with Crippen LogP contribution in [0.1, 0.15) is 5.56 Å². The molecule has 3 heteroatoms. The average Bonchev–Trinajstić information content (AvgIpc) is 3.37. The lowest BCUT2D eigenvalue weighted by atomic mass is 10.0. The van der Waals surface area contributed by atoms with Crippen molar-refractivity contribution in [1.82, 2.24) is 4.57 Å². The summed E-state index contributed by atoms with van der Waals surface area (Å²) in [4.78, 5) is 2.30. The molecule has 6 aromatic rings. The van der Waals surface area contributed by atoms with E-state index < -0.39 is 0 Å². The number of allylic oxidation sites excluding steroid dienone is 4. The molecule has 0 unspecified atom stereocenters. The first-order valence-electron chi connectivity index (χ1n) is 13.5. The highest BCUT2D eigenvalue weighted by atomic mass is 16.5. The van der Waals surface area contributed by atoms with Crippen LogP contribution in [0.2, 0.25) is 0 Å². The lowest BCUT2D eigenvalue weighted by molar-refractivity contribution is 0.482. The van der Waals surface area contributed by atoms with E-state index >= 15 is 0 Å². The van der Waals surface area contributed by atoms with Gasteiger partial charge in [-0.15, -0.1) is 0 Å². The predicted molar refractivity (Wildman–Crippen MR) is 168 cm³/mol. The first-order valence-corrected chi connectivity index (χ1v) is 13.5. The molecule has 1 aliphatic heterocycles. The summed E-state index contributed by atoms with van der Waals surface area (Å²) in [5.74, 6) is 1.60. The molecule has 0 aliphatic carbocycles. The van der Waals surface area contributed by atoms with Crippen molar-refractivity contribution in [3.63, 3.8) is 0 Å². The summed E-state index contributed by atoms with van der Waals surface area (Å²) in [5.41, 5.74) is 7.87. The van der Waals surface area contributed by atoms with E-state index in [1.807, 2.05) is 30.3 Å². The van der Waals surface area contributed by atoms with Gasteiger partial charge in [0.05, 0.1) is 11.0 Å². The van der Waals surface area contributed by atoms with Crippen molar-refractivity contribution in [3.8, 4) is 17.2 Å². The van der Waals surface area contributed by atoms with Crippen LogP contribution in [0.5, 0.6) is 11.5 Å². The third kappa shape index (κ3) is 4.28. The van der Waals surface area contributed by atoms with E-state index in [-0.39, 0.29) is 0 Å². The second-order valence-electron chi connectivity index (χ2n) is 9.90. The summed E-state index contributed by atoms with van der Waals surface area (Å²) in [5, 5.41) is 2.51. The highest BCUT2D eigenvalue weighted by Crippen LogP contribution is 2.35. The molecule has 2 heterocycles. The molecule has 0 atom stereocenters. The van der Waals surface area contributed by atoms with E-state index in [0.717, 1.165) is 46.2 Å². The highest BCUT2D eigenvalue weighted by Gasteiger charge is 2.15. The van der Waals surface area contributed by atoms with Crippen LogP contribution in [0.4, 0.5) is 11.4 Å². The lowest BCUT2D eigenvalue weighted by Gasteiger charge is -2.26. The normalized spacial score (nSPS) is 14.8. The van der Waals surface area contributed by atoms with Crippen LogP contribution < -0.4 is 9.64 Å². The number of anilines is 2. The Bertz CT molecular complexity index is 1850. The van der Waals surface area contributed by atoms with Crippen molar-refractivity contribution in [1.29, 1.82) is 0 Å². The van der Waals surface area contributed by atoms with Gasteiger partial charge in [0, 0.05) is 39.9 Å². The number of ether oxygens (including phenoxy) is 1. The van der Waals surface area contributed by atoms with Gasteiger partial charge in [-0.3, -0.25) is 0 Å². The molecule has 7 rings (SSSR count). The molecule has 40 heavy (non-hydrogen) atoms. The molecule has 0 saturated heterocycles. The van der Waals surface area contributed by atoms with Crippen LogP contribution in [-0.2, 0) is 0 Å². The highest BCUT2D eigenvalue weighted by molar-refractivity contribution is 6.09. The van der Waals surface area contributed by atoms with Crippen molar-refractivity contribution in [2.24, 2.45) is 0 Å². The molecule has 5 aromatic carbocycles. The maximum atomic E-state index is 6.25. The maximum Gasteiger partial charge on any atom is 0.127 e. The minimum atomic E-state index is 0.763. The van der Waals surface area contributed by atoms with Crippen LogP contribution in [0.15, 0.2) is 152 Å². The van der Waals surface area contributed by atoms with Crippen LogP contribution in [0, 0.1) is 0 Å². The molecule has 1 aliphatic rings. The fourth-order valence-electron chi connectivity index (χ4n) is 5.52. The zero-order valence-electron chi connectivity index (χ0n) is 22.1. The Morgan fingerprint density at radius 3 is 1.82 bits per heavy atom. The van der Waals surface area contributed by atoms with Gasteiger partial charge in [-0.05, 0) is 72.3 Å². The van der Waals surface area contributed by atoms with Crippen molar-refractivity contribution in [3.05, 3.63) is 158 Å². The van der Waals surface area contributed by atoms with Crippen LogP contribution in [-0.4, -0.2) is 11.1 Å². The maximum absolute atomic E-state index is 6.25. The van der Waals surface area contributed by atoms with Gasteiger partial charge in [-0.1, -0.05) is 85.5 Å². The first-order chi connectivity index (χ1) is 19.8. The molecule has 0 bridgehead atoms. The smallest absolute Gasteiger partial charge is 0.127 e. The largest absolute Gasteiger partial charge is 0.457 e. The number of nitrogens with zero attached hydrogens (tertiary/aromatic N) is 2. The van der Waals surface area contributed by atoms with E-state index in [9.17, 15) is 0 Å². The van der Waals surface area contributed by atoms with E-state index in [1.165, 1.54) is 21.8 Å². The fraction of sp³-hybridized carbons (Fsp3) is 0.0270. The SMILES string of the molecule is C=C1/C=C\C=C/CN(c2ccc(Oc3ccc(-n4c5ccccc5c5ccccc54)cc3)cc2)c2ccccc21. The van der Waals surface area contributed by atoms with Crippen molar-refractivity contribution in [2.75, 3.05) is 11.4 Å². The summed E-state index contributed by atoms with van der Waals surface area (Å²) in [7, 11) is 0. The zero-order valence-corrected chi connectivity index (χ0v) is 22.1. The number of hydrogen-bond donors (Lipinski definition) is 0. The Labute approximate surface area is 234 Å². The zero-order chi connectivity index (χ0) is 26.9. The quantitative estimate of drug-likeness (QED) is 0.232. The Kier molecular flexibility index (Phi) is 6.02. The van der Waals surface area contributed by atoms with Gasteiger partial charge in [-0.2, -0.15) is 0 Å². The summed E-state index contributed by atoms with van der Waals surface area (Å²) in [6.07, 6.45) is 8.34. The molecule has 0 amide bonds. The Balaban J connectivity index is 1.15. The molecule has 0 saturated carbocycles. The molecule has 0 fully saturated rings. The molecule has 0 radical (unpaired) electrons. The summed E-state index contributed by atoms with van der Waals surface area (Å²) in [6, 6.07) is 42.1. The van der Waals surface area contributed by atoms with Gasteiger partial charge in [0.1, 0.15) is 11.5 Å². The molecule has 1 aromatic heterocycles. The standard InChI is InChI=1S/C37H28N2O/c1-27-11-3-2-10-26-38(35-15-7-4-12-32(27)35)28-18-22-30(23-19-28)40-31-24-20-29(21-25-31)39-36-16-8-5-13-33(36)34-14-6-9-17-37(34)39/h2-25H,1,26H2/b10-2-,11-3-. The van der Waals surface area contributed by atoms with Gasteiger partial charge < -0.3 is 14.2 Å². The number of para-hydroxylation sites is 3. The average molecular weight is 517 g/mol. The van der Waals surface area contributed by atoms with E-state index in [4.69, 9.17) is 4.74 Å². The van der Waals surface area contributed by atoms with Gasteiger partial charge >= 0.3 is 0 Å². The number of fused-ring (bicyclic) bond motifs is 4. The first kappa shape index (κ1) is 23.8. The number of benzene rings is 5. The molecule has 0 spiro atoms. The van der Waals surface area contributed by atoms with Crippen LogP contribution in [0.3, 0.4) is 0 Å². The summed E-state index contributed by atoms with van der Waals surface area (Å²) in [6.45, 7) is 5.03. The Morgan fingerprint density at radius 1 is 0.575 bits per heavy atom. The topological polar surface area (TPSA) is 17.4 Å². The third-order valence-electron chi connectivity index (χ3n) is 7.43. The van der Waals surface area contributed by atoms with Crippen molar-refractivity contribution >= 4 is 38.8 Å². The van der Waals surface area contributed by atoms with Gasteiger partial charge in [0.15, 0.2) is 0 Å². The summed E-state index contributed by atoms with van der Waals surface area (Å²) >= 11 is 0. The van der Waals surface area contributed by atoms with Crippen molar-refractivity contribution in [2.45, 2.75) is 0 Å². The number of hydrogen-bond acceptors (Lipinski definition) is 2. The molecule has 192 valence electrons. The van der Waals surface area contributed by atoms with Gasteiger partial charge in [-0.25, -0.2) is 0 Å². The second-order valence-corrected chi connectivity index (χ2v) is 9.90. The lowest BCUT2D eigenvalue weighted by Crippen LogP contribution is -2.18. The molecule has 3 nitrogen and oxygen atoms in total. The van der Waals surface area contributed by atoms with E-state index in [2.05, 4.69) is 131 Å². The fourth-order valence-corrected chi connectivity index (χ4v) is 5.52. The van der Waals surface area contributed by atoms with E-state index in [1.54, 1.807) is 0 Å². The summed E-state index contributed by atoms with van der Waals surface area (Å²) < 4.78 is 8.56. The number of rotatable bonds is 4. The Hall–Kier alpha value is -5.28. The van der Waals surface area contributed by atoms with Crippen molar-refractivity contribution < 1.29 is 4.74 Å². The monoisotopic (exact) mass is 516 g/mol. The third-order valence-corrected chi connectivity index (χ3v) is 7.43. The number of aromatic nitrogens is 1. The van der Waals surface area contributed by atoms with Gasteiger partial charge in [0.2, 0.25) is 0 Å². The molecular formula is C37H28N2O. The van der Waals surface area contributed by atoms with E-state index in [0.29, 0.717) is 0 Å². The minimum absolute atomic E-state index is 0.763. The van der Waals surface area contributed by atoms with Gasteiger partial charge in [0.25, 0.3) is 0 Å². The predicted octanol–water partition coefficient (Wildman–Crippen LogP) is 9.85. The van der Waals surface area contributed by atoms with Crippen LogP contribution >= 0.6 is 0 Å². The molecule has 0 N–H and O–H groups in total. The van der Waals surface area contributed by atoms with Crippen LogP contribution in [0.25, 0.3) is 33.1 Å².